The van der Waals surface area contributed by atoms with Crippen LogP contribution in [0.5, 0.6) is 5.75 Å². The molecular weight excluding hydrogens is 640 g/mol. The Labute approximate surface area is 306 Å². The molecular formula is C43H66N2O6. The van der Waals surface area contributed by atoms with E-state index in [2.05, 4.69) is 58.2 Å². The van der Waals surface area contributed by atoms with E-state index in [1.165, 1.54) is 5.57 Å². The summed E-state index contributed by atoms with van der Waals surface area (Å²) in [6, 6.07) is 5.61. The average molecular weight is 707 g/mol. The van der Waals surface area contributed by atoms with Crippen LogP contribution in [0.2, 0.25) is 0 Å². The topological polar surface area (TPSA) is 131 Å². The molecule has 0 radical (unpaired) electrons. The molecule has 1 aromatic rings. The number of ketones is 2. The van der Waals surface area contributed by atoms with Gasteiger partial charge in [0.05, 0.1) is 17.8 Å². The Bertz CT molecular complexity index is 1560. The molecule has 1 aliphatic heterocycles. The fourth-order valence-electron chi connectivity index (χ4n) is 12.8. The van der Waals surface area contributed by atoms with Crippen molar-refractivity contribution in [3.8, 4) is 5.75 Å². The Balaban J connectivity index is 1.44. The summed E-state index contributed by atoms with van der Waals surface area (Å²) in [5.41, 5.74) is 2.23. The van der Waals surface area contributed by atoms with Crippen molar-refractivity contribution in [3.05, 3.63) is 40.5 Å². The third-order valence-corrected chi connectivity index (χ3v) is 14.9. The van der Waals surface area contributed by atoms with Gasteiger partial charge in [0, 0.05) is 42.3 Å². The lowest BCUT2D eigenvalue weighted by Gasteiger charge is -2.70. The van der Waals surface area contributed by atoms with Crippen LogP contribution in [0.4, 0.5) is 0 Å². The van der Waals surface area contributed by atoms with Crippen molar-refractivity contribution < 1.29 is 29.6 Å². The number of phenols is 1. The normalized spacial score (nSPS) is 38.5. The molecule has 284 valence electrons. The van der Waals surface area contributed by atoms with Crippen LogP contribution in [0.3, 0.4) is 0 Å². The zero-order valence-corrected chi connectivity index (χ0v) is 33.0. The Kier molecular flexibility index (Phi) is 10.1. The maximum Gasteiger partial charge on any atom is 0.160 e. The largest absolute Gasteiger partial charge is 0.508 e. The van der Waals surface area contributed by atoms with Crippen LogP contribution >= 0.6 is 0 Å². The van der Waals surface area contributed by atoms with E-state index in [9.17, 15) is 24.9 Å². The molecule has 4 fully saturated rings. The number of aromatic hydroxyl groups is 1. The van der Waals surface area contributed by atoms with Crippen molar-refractivity contribution in [2.45, 2.75) is 156 Å². The number of nitrogens with one attached hydrogen (secondary N) is 2. The lowest BCUT2D eigenvalue weighted by atomic mass is 9.34. The maximum atomic E-state index is 14.7. The van der Waals surface area contributed by atoms with E-state index in [0.29, 0.717) is 32.4 Å². The van der Waals surface area contributed by atoms with E-state index < -0.39 is 17.6 Å². The van der Waals surface area contributed by atoms with Crippen LogP contribution in [0.25, 0.3) is 0 Å². The molecule has 0 aromatic heterocycles. The number of benzene rings is 1. The highest BCUT2D eigenvalue weighted by Crippen LogP contribution is 2.75. The first-order valence-corrected chi connectivity index (χ1v) is 19.8. The summed E-state index contributed by atoms with van der Waals surface area (Å²) in [7, 11) is 1.88. The lowest BCUT2D eigenvalue weighted by Crippen LogP contribution is -2.69. The quantitative estimate of drug-likeness (QED) is 0.154. The summed E-state index contributed by atoms with van der Waals surface area (Å²) >= 11 is 0. The van der Waals surface area contributed by atoms with Crippen LogP contribution in [0.1, 0.15) is 131 Å². The van der Waals surface area contributed by atoms with Gasteiger partial charge in [0.2, 0.25) is 0 Å². The van der Waals surface area contributed by atoms with Crippen molar-refractivity contribution >= 4 is 11.6 Å². The molecule has 5 aliphatic rings. The number of ether oxygens (including phenoxy) is 1. The fraction of sp³-hybridized carbons (Fsp3) is 0.767. The van der Waals surface area contributed by atoms with Crippen molar-refractivity contribution in [1.29, 1.82) is 0 Å². The first-order valence-electron chi connectivity index (χ1n) is 19.8. The molecule has 4 aliphatic carbocycles. The van der Waals surface area contributed by atoms with Gasteiger partial charge >= 0.3 is 0 Å². The van der Waals surface area contributed by atoms with Crippen molar-refractivity contribution in [2.75, 3.05) is 13.6 Å². The number of allylic oxidation sites excluding steroid dienone is 2. The van der Waals surface area contributed by atoms with Crippen molar-refractivity contribution in [1.82, 2.24) is 10.6 Å². The molecule has 8 nitrogen and oxygen atoms in total. The number of aliphatic hydroxyl groups excluding tert-OH is 2. The maximum absolute atomic E-state index is 14.7. The summed E-state index contributed by atoms with van der Waals surface area (Å²) in [5.74, 6) is 0.544. The zero-order valence-electron chi connectivity index (χ0n) is 33.0. The minimum atomic E-state index is -0.668. The number of Topliss-reactive ketones (excluding diaryl/α,β-unsaturated/α-hetero) is 2. The van der Waals surface area contributed by atoms with E-state index in [1.54, 1.807) is 19.1 Å². The monoisotopic (exact) mass is 706 g/mol. The molecule has 6 rings (SSSR count). The number of hydrogen-bond donors (Lipinski definition) is 5. The molecule has 0 amide bonds. The van der Waals surface area contributed by atoms with Gasteiger partial charge < -0.3 is 30.7 Å². The van der Waals surface area contributed by atoms with Gasteiger partial charge in [-0.3, -0.25) is 9.59 Å². The number of epoxide rings is 1. The van der Waals surface area contributed by atoms with Crippen LogP contribution in [0.15, 0.2) is 29.3 Å². The smallest absolute Gasteiger partial charge is 0.160 e. The minimum Gasteiger partial charge on any atom is -0.508 e. The second-order valence-electron chi connectivity index (χ2n) is 19.1. The van der Waals surface area contributed by atoms with Gasteiger partial charge in [0.1, 0.15) is 17.6 Å². The predicted octanol–water partition coefficient (Wildman–Crippen LogP) is 6.60. The summed E-state index contributed by atoms with van der Waals surface area (Å²) in [5, 5.41) is 39.6. The van der Waals surface area contributed by atoms with E-state index >= 15 is 0 Å². The zero-order chi connectivity index (χ0) is 37.5. The molecule has 0 spiro atoms. The summed E-state index contributed by atoms with van der Waals surface area (Å²) in [4.78, 5) is 29.2. The van der Waals surface area contributed by atoms with Crippen LogP contribution < -0.4 is 10.6 Å². The van der Waals surface area contributed by atoms with Gasteiger partial charge in [-0.1, -0.05) is 59.6 Å². The van der Waals surface area contributed by atoms with Crippen molar-refractivity contribution in [3.63, 3.8) is 0 Å². The molecule has 51 heavy (non-hydrogen) atoms. The van der Waals surface area contributed by atoms with Gasteiger partial charge in [0.25, 0.3) is 0 Å². The third kappa shape index (κ3) is 6.27. The predicted molar refractivity (Wildman–Crippen MR) is 200 cm³/mol. The second kappa shape index (κ2) is 13.3. The summed E-state index contributed by atoms with van der Waals surface area (Å²) in [6.45, 7) is 20.5. The van der Waals surface area contributed by atoms with E-state index in [-0.39, 0.29) is 75.0 Å². The number of fused-ring (bicyclic) bond motifs is 5. The molecule has 1 saturated heterocycles. The fourth-order valence-corrected chi connectivity index (χ4v) is 12.8. The van der Waals surface area contributed by atoms with Crippen LogP contribution in [0, 0.1) is 39.4 Å². The van der Waals surface area contributed by atoms with E-state index in [1.807, 2.05) is 20.9 Å². The first-order chi connectivity index (χ1) is 23.7. The Morgan fingerprint density at radius 3 is 2.31 bits per heavy atom. The average Bonchev–Trinajstić information content (AvgIpc) is 3.57. The number of aliphatic hydroxyl groups is 2. The van der Waals surface area contributed by atoms with Gasteiger partial charge in [-0.15, -0.1) is 0 Å². The highest BCUT2D eigenvalue weighted by Gasteiger charge is 2.71. The number of hydrogen-bond acceptors (Lipinski definition) is 8. The summed E-state index contributed by atoms with van der Waals surface area (Å²) in [6.07, 6.45) is 4.76. The van der Waals surface area contributed by atoms with Gasteiger partial charge in [-0.2, -0.15) is 0 Å². The highest BCUT2D eigenvalue weighted by atomic mass is 16.6. The van der Waals surface area contributed by atoms with Crippen LogP contribution in [-0.2, 0) is 20.9 Å². The molecule has 8 heteroatoms. The lowest BCUT2D eigenvalue weighted by molar-refractivity contribution is -0.193. The Morgan fingerprint density at radius 2 is 1.71 bits per heavy atom. The highest BCUT2D eigenvalue weighted by molar-refractivity contribution is 6.00. The molecule has 1 heterocycles. The minimum absolute atomic E-state index is 0.00117. The first kappa shape index (κ1) is 38.6. The molecule has 11 atom stereocenters. The number of phenolic OH excluding ortho intramolecular Hbond substituents is 1. The second-order valence-corrected chi connectivity index (χ2v) is 19.1. The van der Waals surface area contributed by atoms with E-state index in [4.69, 9.17) is 4.74 Å². The molecule has 1 aromatic carbocycles. The molecule has 5 N–H and O–H groups in total. The molecule has 11 unspecified atom stereocenters. The van der Waals surface area contributed by atoms with E-state index in [0.717, 1.165) is 48.8 Å². The summed E-state index contributed by atoms with van der Waals surface area (Å²) < 4.78 is 5.83. The Morgan fingerprint density at radius 1 is 1.02 bits per heavy atom. The number of rotatable bonds is 12. The van der Waals surface area contributed by atoms with Crippen molar-refractivity contribution in [2.24, 2.45) is 39.4 Å². The Hall–Kier alpha value is -2.10. The SMILES string of the molecule is CCCC(CC(O)C1OC1(C)C)C1=C2CCC3C4(C)CC(c5cc(O)cc(CNC)c5)C(=O)C(C)(C)C4C(NCC(C)O)CC3(C)C2(C)CC1=O. The van der Waals surface area contributed by atoms with Crippen LogP contribution in [-0.4, -0.2) is 70.4 Å². The standard InChI is InChI=1S/C43H66N2O6/c1-11-12-26(18-32(48)38-40(5,6)51-38)35-30-13-14-34-41(7)19-29(27-15-25(23-44-10)16-28(47)17-27)37(50)39(3,4)36(41)31(45-22-24(2)46)20-43(34,9)42(30,8)21-33(35)49/h15-17,24,26,29,31-32,34,36,38,44-48H,11-14,18-23H2,1-10H3. The number of carbonyl (C=O) groups is 2. The molecule has 3 saturated carbocycles. The number of carbonyl (C=O) groups excluding carboxylic acids is 2. The molecule has 0 bridgehead atoms. The van der Waals surface area contributed by atoms with Gasteiger partial charge in [-0.25, -0.2) is 0 Å². The van der Waals surface area contributed by atoms with Gasteiger partial charge in [0.15, 0.2) is 5.78 Å². The third-order valence-electron chi connectivity index (χ3n) is 14.9. The van der Waals surface area contributed by atoms with Gasteiger partial charge in [-0.05, 0) is 124 Å².